The van der Waals surface area contributed by atoms with Crippen LogP contribution < -0.4 is 10.6 Å². The summed E-state index contributed by atoms with van der Waals surface area (Å²) in [6, 6.07) is 17.4. The van der Waals surface area contributed by atoms with Crippen LogP contribution in [-0.2, 0) is 6.42 Å². The molecule has 0 saturated heterocycles. The van der Waals surface area contributed by atoms with E-state index >= 15 is 0 Å². The van der Waals surface area contributed by atoms with Gasteiger partial charge in [-0.2, -0.15) is 0 Å². The molecule has 0 aliphatic rings. The number of benzene rings is 2. The third-order valence-electron chi connectivity index (χ3n) is 5.15. The van der Waals surface area contributed by atoms with E-state index in [9.17, 15) is 10.1 Å². The summed E-state index contributed by atoms with van der Waals surface area (Å²) < 4.78 is 0. The summed E-state index contributed by atoms with van der Waals surface area (Å²) in [5.41, 5.74) is 3.94. The molecule has 0 spiro atoms. The highest BCUT2D eigenvalue weighted by atomic mass is 16.6. The first-order valence-electron chi connectivity index (χ1n) is 10.5. The molecular weight excluding hydrogens is 404 g/mol. The third kappa shape index (κ3) is 4.64. The Hall–Kier alpha value is -4.07. The highest BCUT2D eigenvalue weighted by molar-refractivity contribution is 5.93. The van der Waals surface area contributed by atoms with Crippen molar-refractivity contribution in [1.29, 1.82) is 0 Å². The number of pyridine rings is 1. The largest absolute Gasteiger partial charge is 0.353 e. The molecule has 2 N–H and O–H groups in total. The van der Waals surface area contributed by atoms with Crippen molar-refractivity contribution in [2.45, 2.75) is 33.1 Å². The van der Waals surface area contributed by atoms with E-state index in [1.165, 1.54) is 11.9 Å². The number of hydrogen-bond donors (Lipinski definition) is 2. The Morgan fingerprint density at radius 3 is 2.44 bits per heavy atom. The van der Waals surface area contributed by atoms with E-state index in [2.05, 4.69) is 32.5 Å². The molecule has 162 valence electrons. The van der Waals surface area contributed by atoms with Gasteiger partial charge in [0.05, 0.1) is 16.1 Å². The maximum Gasteiger partial charge on any atom is 0.353 e. The first-order chi connectivity index (χ1) is 15.5. The van der Waals surface area contributed by atoms with Gasteiger partial charge in [-0.3, -0.25) is 15.1 Å². The minimum atomic E-state index is -0.482. The Morgan fingerprint density at radius 2 is 1.72 bits per heavy atom. The fourth-order valence-electron chi connectivity index (χ4n) is 3.48. The van der Waals surface area contributed by atoms with Gasteiger partial charge < -0.3 is 10.6 Å². The topological polar surface area (TPSA) is 106 Å². The second kappa shape index (κ2) is 9.38. The van der Waals surface area contributed by atoms with Gasteiger partial charge in [0, 0.05) is 16.8 Å². The van der Waals surface area contributed by atoms with Gasteiger partial charge in [-0.15, -0.1) is 0 Å². The summed E-state index contributed by atoms with van der Waals surface area (Å²) in [4.78, 5) is 24.3. The Bertz CT molecular complexity index is 1260. The fraction of sp³-hybridized carbons (Fsp3) is 0.208. The first-order valence-corrected chi connectivity index (χ1v) is 10.5. The summed E-state index contributed by atoms with van der Waals surface area (Å²) >= 11 is 0. The second-order valence-electron chi connectivity index (χ2n) is 7.56. The molecule has 2 aromatic carbocycles. The highest BCUT2D eigenvalue weighted by Gasteiger charge is 2.24. The molecule has 0 saturated carbocycles. The molecule has 4 aromatic rings. The van der Waals surface area contributed by atoms with E-state index in [0.29, 0.717) is 5.69 Å². The number of hydrogen-bond acceptors (Lipinski definition) is 7. The number of para-hydroxylation sites is 1. The maximum atomic E-state index is 11.9. The number of unbranched alkanes of at least 4 members (excludes halogenated alkanes) is 1. The van der Waals surface area contributed by atoms with E-state index in [0.717, 1.165) is 41.5 Å². The number of nitrogens with one attached hydrogen (secondary N) is 2. The van der Waals surface area contributed by atoms with Gasteiger partial charge in [-0.25, -0.2) is 9.97 Å². The molecule has 0 aliphatic heterocycles. The lowest BCUT2D eigenvalue weighted by atomic mass is 10.1. The zero-order valence-electron chi connectivity index (χ0n) is 18.0. The van der Waals surface area contributed by atoms with Gasteiger partial charge >= 0.3 is 5.69 Å². The predicted octanol–water partition coefficient (Wildman–Crippen LogP) is 6.07. The molecule has 32 heavy (non-hydrogen) atoms. The van der Waals surface area contributed by atoms with E-state index in [1.54, 1.807) is 0 Å². The molecule has 8 nitrogen and oxygen atoms in total. The van der Waals surface area contributed by atoms with Crippen LogP contribution in [0.5, 0.6) is 0 Å². The Balaban J connectivity index is 1.66. The average molecular weight is 428 g/mol. The van der Waals surface area contributed by atoms with Gasteiger partial charge in [-0.1, -0.05) is 43.7 Å². The van der Waals surface area contributed by atoms with Crippen molar-refractivity contribution >= 4 is 39.6 Å². The molecule has 0 unspecified atom stereocenters. The molecule has 0 atom stereocenters. The molecule has 8 heteroatoms. The van der Waals surface area contributed by atoms with Crippen molar-refractivity contribution < 1.29 is 4.92 Å². The van der Waals surface area contributed by atoms with E-state index in [-0.39, 0.29) is 17.3 Å². The van der Waals surface area contributed by atoms with Crippen molar-refractivity contribution in [1.82, 2.24) is 15.0 Å². The zero-order valence-corrected chi connectivity index (χ0v) is 18.0. The van der Waals surface area contributed by atoms with Crippen LogP contribution in [0.3, 0.4) is 0 Å². The van der Waals surface area contributed by atoms with Crippen molar-refractivity contribution in [2.24, 2.45) is 0 Å². The molecule has 0 radical (unpaired) electrons. The van der Waals surface area contributed by atoms with Crippen LogP contribution in [0.25, 0.3) is 10.9 Å². The lowest BCUT2D eigenvalue weighted by Gasteiger charge is -2.12. The minimum Gasteiger partial charge on any atom is -0.334 e. The van der Waals surface area contributed by atoms with Crippen molar-refractivity contribution in [3.05, 3.63) is 82.3 Å². The van der Waals surface area contributed by atoms with Crippen LogP contribution in [-0.4, -0.2) is 19.9 Å². The monoisotopic (exact) mass is 428 g/mol. The summed E-state index contributed by atoms with van der Waals surface area (Å²) in [5, 5.41) is 19.0. The number of nitro groups is 1. The lowest BCUT2D eigenvalue weighted by molar-refractivity contribution is -0.383. The molecule has 2 heterocycles. The van der Waals surface area contributed by atoms with Crippen LogP contribution in [0.1, 0.15) is 31.0 Å². The van der Waals surface area contributed by atoms with E-state index < -0.39 is 4.92 Å². The Labute approximate surface area is 185 Å². The molecule has 0 aliphatic carbocycles. The summed E-state index contributed by atoms with van der Waals surface area (Å²) in [6.45, 7) is 4.06. The number of anilines is 4. The van der Waals surface area contributed by atoms with Crippen LogP contribution in [0.15, 0.2) is 60.9 Å². The summed E-state index contributed by atoms with van der Waals surface area (Å²) in [6.07, 6.45) is 4.57. The van der Waals surface area contributed by atoms with Crippen molar-refractivity contribution in [2.75, 3.05) is 10.6 Å². The minimum absolute atomic E-state index is 0.0999. The predicted molar refractivity (Wildman–Crippen MR) is 127 cm³/mol. The molecule has 0 bridgehead atoms. The normalized spacial score (nSPS) is 10.8. The van der Waals surface area contributed by atoms with Gasteiger partial charge in [0.2, 0.25) is 11.6 Å². The van der Waals surface area contributed by atoms with E-state index in [4.69, 9.17) is 0 Å². The second-order valence-corrected chi connectivity index (χ2v) is 7.56. The first kappa shape index (κ1) is 21.2. The van der Waals surface area contributed by atoms with Crippen LogP contribution in [0, 0.1) is 17.0 Å². The quantitative estimate of drug-likeness (QED) is 0.259. The van der Waals surface area contributed by atoms with Crippen LogP contribution in [0.2, 0.25) is 0 Å². The van der Waals surface area contributed by atoms with Crippen molar-refractivity contribution in [3.8, 4) is 0 Å². The smallest absolute Gasteiger partial charge is 0.334 e. The highest BCUT2D eigenvalue weighted by Crippen LogP contribution is 2.34. The van der Waals surface area contributed by atoms with Crippen LogP contribution in [0.4, 0.5) is 28.7 Å². The van der Waals surface area contributed by atoms with Gasteiger partial charge in [0.15, 0.2) is 0 Å². The van der Waals surface area contributed by atoms with E-state index in [1.807, 2.05) is 61.5 Å². The van der Waals surface area contributed by atoms with Crippen molar-refractivity contribution in [3.63, 3.8) is 0 Å². The zero-order chi connectivity index (χ0) is 22.5. The number of fused-ring (bicyclic) bond motifs is 1. The molecule has 2 aromatic heterocycles. The third-order valence-corrected chi connectivity index (χ3v) is 5.15. The number of aromatic nitrogens is 3. The Morgan fingerprint density at radius 1 is 0.969 bits per heavy atom. The molecular formula is C24H24N6O2. The Kier molecular flexibility index (Phi) is 6.21. The van der Waals surface area contributed by atoms with Gasteiger partial charge in [0.25, 0.3) is 0 Å². The number of aryl methyl sites for hydroxylation is 2. The molecule has 0 amide bonds. The number of rotatable bonds is 8. The SMILES string of the molecule is CCCCc1ccc(Nc2ncnc(Nc3cccc4ccc(C)nc34)c2[N+](=O)[O-])cc1. The van der Waals surface area contributed by atoms with Crippen LogP contribution >= 0.6 is 0 Å². The summed E-state index contributed by atoms with van der Waals surface area (Å²) in [5.74, 6) is 0.223. The maximum absolute atomic E-state index is 11.9. The average Bonchev–Trinajstić information content (AvgIpc) is 2.79. The standard InChI is InChI=1S/C24H24N6O2/c1-3-4-6-17-10-13-19(14-11-17)28-23-22(30(31)32)24(26-15-25-23)29-20-8-5-7-18-12-9-16(2)27-21(18)20/h5,7-15H,3-4,6H2,1-2H3,(H2,25,26,28,29). The molecule has 4 rings (SSSR count). The number of nitrogens with zero attached hydrogens (tertiary/aromatic N) is 4. The van der Waals surface area contributed by atoms with Gasteiger partial charge in [-0.05, 0) is 49.6 Å². The summed E-state index contributed by atoms with van der Waals surface area (Å²) in [7, 11) is 0. The van der Waals surface area contributed by atoms with Gasteiger partial charge in [0.1, 0.15) is 6.33 Å². The molecule has 0 fully saturated rings. The fourth-order valence-corrected chi connectivity index (χ4v) is 3.48. The lowest BCUT2D eigenvalue weighted by Crippen LogP contribution is -2.06.